The lowest BCUT2D eigenvalue weighted by molar-refractivity contribution is 0.445. The summed E-state index contributed by atoms with van der Waals surface area (Å²) in [7, 11) is -5.16. The summed E-state index contributed by atoms with van der Waals surface area (Å²) in [4.78, 5) is 19.2. The monoisotopic (exact) mass is 557 g/mol. The molecule has 6 heteroatoms. The van der Waals surface area contributed by atoms with Gasteiger partial charge in [-0.1, -0.05) is 117 Å². The van der Waals surface area contributed by atoms with Crippen molar-refractivity contribution in [3.63, 3.8) is 0 Å². The van der Waals surface area contributed by atoms with Crippen LogP contribution in [-0.4, -0.2) is 21.6 Å². The van der Waals surface area contributed by atoms with Gasteiger partial charge >= 0.3 is 8.03 Å². The lowest BCUT2D eigenvalue weighted by Crippen LogP contribution is -2.14. The largest absolute Gasteiger partial charge is 0.508 e. The van der Waals surface area contributed by atoms with Crippen molar-refractivity contribution in [1.29, 1.82) is 0 Å². The van der Waals surface area contributed by atoms with Crippen LogP contribution in [0, 0.1) is 5.92 Å². The number of unbranched alkanes of at least 4 members (excludes halogenated alkanes) is 10. The Morgan fingerprint density at radius 2 is 1.27 bits per heavy atom. The third-order valence-corrected chi connectivity index (χ3v) is 10.4. The molecular formula is C31H59O4P2+. The third-order valence-electron chi connectivity index (χ3n) is 7.31. The first-order chi connectivity index (χ1) is 17.7. The van der Waals surface area contributed by atoms with Crippen LogP contribution in [0.2, 0.25) is 0 Å². The fourth-order valence-electron chi connectivity index (χ4n) is 4.53. The summed E-state index contributed by atoms with van der Waals surface area (Å²) < 4.78 is 23.3. The highest BCUT2D eigenvalue weighted by molar-refractivity contribution is 7.66. The van der Waals surface area contributed by atoms with E-state index in [4.69, 9.17) is 4.89 Å². The van der Waals surface area contributed by atoms with Gasteiger partial charge in [0, 0.05) is 11.5 Å². The van der Waals surface area contributed by atoms with E-state index in [2.05, 4.69) is 39.8 Å². The highest BCUT2D eigenvalue weighted by Crippen LogP contribution is 2.43. The van der Waals surface area contributed by atoms with E-state index in [1.165, 1.54) is 69.8 Å². The molecule has 37 heavy (non-hydrogen) atoms. The minimum atomic E-state index is -3.23. The molecule has 0 aliphatic rings. The smallest absolute Gasteiger partial charge is 0.341 e. The van der Waals surface area contributed by atoms with Gasteiger partial charge in [0.15, 0.2) is 5.66 Å². The van der Waals surface area contributed by atoms with E-state index in [1.54, 1.807) is 0 Å². The standard InChI is InChI=1S/C23H41O2P.C8H17O2P/c1-4-7-9-10-11-12-13-15-22-16-18-23(19-17-22)26(24,25)20-21(6-3)14-8-5-2;1-3-4-5-6-7-8(2)11(9)10/h16-19,21H,4-15,20H2,1-3H3,(H,24,25);8H,3-7H2,1-2H3/p+1. The Morgan fingerprint density at radius 1 is 0.757 bits per heavy atom. The van der Waals surface area contributed by atoms with Crippen molar-refractivity contribution in [1.82, 2.24) is 0 Å². The van der Waals surface area contributed by atoms with Crippen molar-refractivity contribution >= 4 is 20.7 Å². The zero-order valence-corrected chi connectivity index (χ0v) is 26.6. The molecule has 0 spiro atoms. The van der Waals surface area contributed by atoms with Gasteiger partial charge in [-0.25, -0.2) is 0 Å². The third kappa shape index (κ3) is 19.2. The molecule has 1 aromatic carbocycles. The molecule has 0 amide bonds. The van der Waals surface area contributed by atoms with Crippen LogP contribution in [0.3, 0.4) is 0 Å². The Hall–Kier alpha value is -0.530. The van der Waals surface area contributed by atoms with Crippen LogP contribution in [0.4, 0.5) is 0 Å². The van der Waals surface area contributed by atoms with E-state index >= 15 is 0 Å². The van der Waals surface area contributed by atoms with Crippen molar-refractivity contribution < 1.29 is 18.9 Å². The Morgan fingerprint density at radius 3 is 1.78 bits per heavy atom. The number of aryl methyl sites for hydroxylation is 1. The van der Waals surface area contributed by atoms with Gasteiger partial charge in [0.25, 0.3) is 0 Å². The first kappa shape index (κ1) is 36.5. The van der Waals surface area contributed by atoms with Crippen LogP contribution in [0.25, 0.3) is 0 Å². The Kier molecular flexibility index (Phi) is 23.0. The van der Waals surface area contributed by atoms with Gasteiger partial charge in [-0.2, -0.15) is 4.89 Å². The molecule has 0 aromatic heterocycles. The molecule has 0 heterocycles. The van der Waals surface area contributed by atoms with Gasteiger partial charge in [-0.05, 0) is 67.2 Å². The van der Waals surface area contributed by atoms with Gasteiger partial charge < -0.3 is 4.89 Å². The molecular weight excluding hydrogens is 498 g/mol. The summed E-state index contributed by atoms with van der Waals surface area (Å²) >= 11 is 0. The van der Waals surface area contributed by atoms with Crippen LogP contribution >= 0.6 is 15.4 Å². The van der Waals surface area contributed by atoms with Crippen molar-refractivity contribution in [2.75, 3.05) is 6.16 Å². The lowest BCUT2D eigenvalue weighted by Gasteiger charge is -2.19. The molecule has 216 valence electrons. The molecule has 0 aliphatic heterocycles. The molecule has 0 radical (unpaired) electrons. The van der Waals surface area contributed by atoms with Crippen LogP contribution in [0.15, 0.2) is 24.3 Å². The van der Waals surface area contributed by atoms with Crippen molar-refractivity contribution in [3.8, 4) is 0 Å². The van der Waals surface area contributed by atoms with E-state index in [9.17, 15) is 14.0 Å². The number of rotatable bonds is 21. The summed E-state index contributed by atoms with van der Waals surface area (Å²) in [6.45, 7) is 10.6. The zero-order chi connectivity index (χ0) is 27.9. The average Bonchev–Trinajstić information content (AvgIpc) is 2.89. The maximum Gasteiger partial charge on any atom is 0.508 e. The second-order valence-electron chi connectivity index (χ2n) is 10.8. The van der Waals surface area contributed by atoms with E-state index in [1.807, 2.05) is 19.1 Å². The van der Waals surface area contributed by atoms with Crippen LogP contribution in [-0.2, 0) is 15.6 Å². The molecule has 4 unspecified atom stereocenters. The SMILES string of the molecule is CCCCCCC(C)[P+](=O)O.CCCCCCCCCc1ccc(P(=O)(O)CC(CC)CCCC)cc1. The summed E-state index contributed by atoms with van der Waals surface area (Å²) in [5, 5.41) is 0.635. The molecule has 2 N–H and O–H groups in total. The number of benzene rings is 1. The van der Waals surface area contributed by atoms with Gasteiger partial charge in [-0.15, -0.1) is 0 Å². The quantitative estimate of drug-likeness (QED) is 0.116. The van der Waals surface area contributed by atoms with Crippen LogP contribution in [0.1, 0.15) is 143 Å². The van der Waals surface area contributed by atoms with Gasteiger partial charge in [0.05, 0.1) is 0 Å². The van der Waals surface area contributed by atoms with Crippen molar-refractivity contribution in [3.05, 3.63) is 29.8 Å². The van der Waals surface area contributed by atoms with E-state index in [0.717, 1.165) is 44.9 Å². The molecule has 0 saturated carbocycles. The summed E-state index contributed by atoms with van der Waals surface area (Å²) in [6, 6.07) is 7.90. The summed E-state index contributed by atoms with van der Waals surface area (Å²) in [5.74, 6) is 0.359. The molecule has 0 bridgehead atoms. The van der Waals surface area contributed by atoms with Gasteiger partial charge in [-0.3, -0.25) is 4.57 Å². The first-order valence-corrected chi connectivity index (χ1v) is 18.4. The number of hydrogen-bond donors (Lipinski definition) is 2. The van der Waals surface area contributed by atoms with Crippen LogP contribution < -0.4 is 5.30 Å². The summed E-state index contributed by atoms with van der Waals surface area (Å²) in [6.07, 6.45) is 20.8. The lowest BCUT2D eigenvalue weighted by atomic mass is 10.0. The normalized spacial score (nSPS) is 14.8. The maximum atomic E-state index is 12.8. The Labute approximate surface area is 230 Å². The first-order valence-electron chi connectivity index (χ1n) is 15.3. The second-order valence-corrected chi connectivity index (χ2v) is 14.6. The predicted octanol–water partition coefficient (Wildman–Crippen LogP) is 10.2. The van der Waals surface area contributed by atoms with Crippen molar-refractivity contribution in [2.45, 2.75) is 149 Å². The molecule has 0 fully saturated rings. The maximum absolute atomic E-state index is 12.8. The van der Waals surface area contributed by atoms with Crippen LogP contribution in [0.5, 0.6) is 0 Å². The van der Waals surface area contributed by atoms with Gasteiger partial charge in [0.2, 0.25) is 7.37 Å². The molecule has 4 nitrogen and oxygen atoms in total. The highest BCUT2D eigenvalue weighted by atomic mass is 31.2. The minimum Gasteiger partial charge on any atom is -0.341 e. The van der Waals surface area contributed by atoms with E-state index in [0.29, 0.717) is 17.4 Å². The number of hydrogen-bond acceptors (Lipinski definition) is 2. The Balaban J connectivity index is 0.000000989. The molecule has 0 aliphatic carbocycles. The second kappa shape index (κ2) is 23.4. The summed E-state index contributed by atoms with van der Waals surface area (Å²) in [5.41, 5.74) is 1.28. The fourth-order valence-corrected chi connectivity index (χ4v) is 6.90. The fraction of sp³-hybridized carbons (Fsp3) is 0.806. The highest BCUT2D eigenvalue weighted by Gasteiger charge is 2.25. The van der Waals surface area contributed by atoms with Crippen molar-refractivity contribution in [2.24, 2.45) is 5.92 Å². The molecule has 0 saturated heterocycles. The predicted molar refractivity (Wildman–Crippen MR) is 164 cm³/mol. The Bertz CT molecular complexity index is 720. The molecule has 1 aromatic rings. The van der Waals surface area contributed by atoms with E-state index in [-0.39, 0.29) is 5.66 Å². The molecule has 4 atom stereocenters. The average molecular weight is 558 g/mol. The van der Waals surface area contributed by atoms with Gasteiger partial charge in [0.1, 0.15) is 0 Å². The molecule has 1 rings (SSSR count). The van der Waals surface area contributed by atoms with E-state index < -0.39 is 15.4 Å². The topological polar surface area (TPSA) is 74.6 Å². The zero-order valence-electron chi connectivity index (χ0n) is 24.8. The minimum absolute atomic E-state index is 0.0122.